The van der Waals surface area contributed by atoms with Crippen LogP contribution in [0.2, 0.25) is 0 Å². The number of hydrogen-bond acceptors (Lipinski definition) is 4. The van der Waals surface area contributed by atoms with Gasteiger partial charge in [0.2, 0.25) is 0 Å². The summed E-state index contributed by atoms with van der Waals surface area (Å²) in [4.78, 5) is 2.03. The van der Waals surface area contributed by atoms with Crippen molar-refractivity contribution in [2.75, 3.05) is 26.2 Å². The highest BCUT2D eigenvalue weighted by atomic mass is 16.5. The molecule has 0 saturated carbocycles. The molecule has 0 aliphatic rings. The highest BCUT2D eigenvalue weighted by Crippen LogP contribution is 2.31. The van der Waals surface area contributed by atoms with Gasteiger partial charge in [-0.25, -0.2) is 0 Å². The van der Waals surface area contributed by atoms with Gasteiger partial charge in [-0.15, -0.1) is 0 Å². The van der Waals surface area contributed by atoms with Crippen LogP contribution >= 0.6 is 0 Å². The summed E-state index contributed by atoms with van der Waals surface area (Å²) in [7, 11) is 5.01. The van der Waals surface area contributed by atoms with Crippen LogP contribution < -0.4 is 9.64 Å². The van der Waals surface area contributed by atoms with E-state index in [4.69, 9.17) is 14.2 Å². The Kier molecular flexibility index (Phi) is 5.25. The Balaban J connectivity index is 3.12. The molecule has 4 heteroatoms. The third-order valence-corrected chi connectivity index (χ3v) is 2.83. The number of anilines is 1. The Morgan fingerprint density at radius 2 is 1.47 bits per heavy atom. The van der Waals surface area contributed by atoms with Gasteiger partial charge in [-0.1, -0.05) is 12.1 Å². The lowest BCUT2D eigenvalue weighted by Crippen LogP contribution is -2.42. The van der Waals surface area contributed by atoms with Gasteiger partial charge in [0, 0.05) is 14.2 Å². The average Bonchev–Trinajstić information content (AvgIpc) is 2.39. The first-order valence-corrected chi connectivity index (χ1v) is 5.62. The quantitative estimate of drug-likeness (QED) is 0.714. The Morgan fingerprint density at radius 3 is 1.94 bits per heavy atom. The maximum absolute atomic E-state index is 5.38. The van der Waals surface area contributed by atoms with Crippen LogP contribution in [0.3, 0.4) is 0 Å². The number of ether oxygens (including phenoxy) is 3. The number of hydrogen-bond donors (Lipinski definition) is 0. The van der Waals surface area contributed by atoms with Crippen molar-refractivity contribution >= 4 is 5.69 Å². The van der Waals surface area contributed by atoms with Crippen molar-refractivity contribution in [3.63, 3.8) is 0 Å². The molecule has 17 heavy (non-hydrogen) atoms. The maximum atomic E-state index is 5.38. The van der Waals surface area contributed by atoms with Crippen molar-refractivity contribution in [3.05, 3.63) is 24.3 Å². The third kappa shape index (κ3) is 3.11. The predicted octanol–water partition coefficient (Wildman–Crippen LogP) is 2.49. The Bertz CT molecular complexity index is 333. The number of benzene rings is 1. The Hall–Kier alpha value is -1.26. The summed E-state index contributed by atoms with van der Waals surface area (Å²) >= 11 is 0. The minimum absolute atomic E-state index is 0.0961. The van der Waals surface area contributed by atoms with E-state index in [1.807, 2.05) is 43.0 Å². The third-order valence-electron chi connectivity index (χ3n) is 2.83. The van der Waals surface area contributed by atoms with E-state index < -0.39 is 0 Å². The second kappa shape index (κ2) is 6.47. The summed E-state index contributed by atoms with van der Waals surface area (Å²) in [6.07, 6.45) is -0.192. The molecule has 0 N–H and O–H groups in total. The summed E-state index contributed by atoms with van der Waals surface area (Å²) in [5, 5.41) is 0. The van der Waals surface area contributed by atoms with Gasteiger partial charge in [-0.3, -0.25) is 0 Å². The van der Waals surface area contributed by atoms with Crippen LogP contribution in [0.4, 0.5) is 5.69 Å². The highest BCUT2D eigenvalue weighted by molar-refractivity contribution is 5.59. The molecular formula is C13H21NO3. The standard InChI is InChI=1S/C13H21NO3/c1-10(15-3)14(11(2)16-4)12-8-6-7-9-13(12)17-5/h6-11H,1-5H3. The van der Waals surface area contributed by atoms with E-state index in [2.05, 4.69) is 0 Å². The lowest BCUT2D eigenvalue weighted by atomic mass is 10.2. The summed E-state index contributed by atoms with van der Waals surface area (Å²) in [5.41, 5.74) is 0.957. The molecule has 96 valence electrons. The molecule has 0 heterocycles. The van der Waals surface area contributed by atoms with Gasteiger partial charge in [-0.2, -0.15) is 0 Å². The molecule has 0 spiro atoms. The maximum Gasteiger partial charge on any atom is 0.142 e. The fourth-order valence-electron chi connectivity index (χ4n) is 1.76. The molecule has 1 aromatic rings. The van der Waals surface area contributed by atoms with E-state index in [-0.39, 0.29) is 12.5 Å². The normalized spacial score (nSPS) is 14.2. The number of rotatable bonds is 6. The summed E-state index contributed by atoms with van der Waals surface area (Å²) in [6.45, 7) is 3.95. The zero-order chi connectivity index (χ0) is 12.8. The fraction of sp³-hybridized carbons (Fsp3) is 0.538. The molecule has 0 fully saturated rings. The van der Waals surface area contributed by atoms with Crippen LogP contribution in [0.15, 0.2) is 24.3 Å². The summed E-state index contributed by atoms with van der Waals surface area (Å²) in [6, 6.07) is 7.82. The van der Waals surface area contributed by atoms with Crippen molar-refractivity contribution in [2.24, 2.45) is 0 Å². The molecule has 0 radical (unpaired) electrons. The molecule has 0 aliphatic carbocycles. The topological polar surface area (TPSA) is 30.9 Å². The molecule has 0 saturated heterocycles. The molecule has 1 rings (SSSR count). The van der Waals surface area contributed by atoms with E-state index in [1.54, 1.807) is 21.3 Å². The lowest BCUT2D eigenvalue weighted by Gasteiger charge is -2.35. The molecule has 4 nitrogen and oxygen atoms in total. The van der Waals surface area contributed by atoms with Crippen molar-refractivity contribution in [1.82, 2.24) is 0 Å². The first kappa shape index (κ1) is 13.8. The smallest absolute Gasteiger partial charge is 0.142 e. The monoisotopic (exact) mass is 239 g/mol. The van der Waals surface area contributed by atoms with Gasteiger partial charge >= 0.3 is 0 Å². The van der Waals surface area contributed by atoms with Crippen LogP contribution in [0.25, 0.3) is 0 Å². The van der Waals surface area contributed by atoms with E-state index in [0.717, 1.165) is 11.4 Å². The Morgan fingerprint density at radius 1 is 0.941 bits per heavy atom. The second-order valence-corrected chi connectivity index (χ2v) is 3.75. The summed E-state index contributed by atoms with van der Waals surface area (Å²) in [5.74, 6) is 0.806. The van der Waals surface area contributed by atoms with Gasteiger partial charge in [0.05, 0.1) is 12.8 Å². The minimum atomic E-state index is -0.0961. The molecule has 0 bridgehead atoms. The zero-order valence-corrected chi connectivity index (χ0v) is 11.1. The highest BCUT2D eigenvalue weighted by Gasteiger charge is 2.22. The van der Waals surface area contributed by atoms with E-state index in [9.17, 15) is 0 Å². The summed E-state index contributed by atoms with van der Waals surface area (Å²) < 4.78 is 16.1. The first-order valence-electron chi connectivity index (χ1n) is 5.62. The first-order chi connectivity index (χ1) is 8.15. The molecule has 0 aliphatic heterocycles. The van der Waals surface area contributed by atoms with E-state index in [1.165, 1.54) is 0 Å². The van der Waals surface area contributed by atoms with Gasteiger partial charge in [0.25, 0.3) is 0 Å². The van der Waals surface area contributed by atoms with Crippen LogP contribution in [0.5, 0.6) is 5.75 Å². The second-order valence-electron chi connectivity index (χ2n) is 3.75. The van der Waals surface area contributed by atoms with Crippen molar-refractivity contribution in [3.8, 4) is 5.75 Å². The van der Waals surface area contributed by atoms with Crippen molar-refractivity contribution < 1.29 is 14.2 Å². The molecule has 2 unspecified atom stereocenters. The number of methoxy groups -OCH3 is 3. The average molecular weight is 239 g/mol. The van der Waals surface area contributed by atoms with Gasteiger partial charge in [0.15, 0.2) is 0 Å². The minimum Gasteiger partial charge on any atom is -0.495 e. The molecule has 1 aromatic carbocycles. The van der Waals surface area contributed by atoms with Gasteiger partial charge < -0.3 is 19.1 Å². The van der Waals surface area contributed by atoms with Crippen LogP contribution in [0, 0.1) is 0 Å². The zero-order valence-electron chi connectivity index (χ0n) is 11.1. The molecule has 2 atom stereocenters. The lowest BCUT2D eigenvalue weighted by molar-refractivity contribution is 0.0422. The molecule has 0 aromatic heterocycles. The number of para-hydroxylation sites is 2. The van der Waals surface area contributed by atoms with Crippen LogP contribution in [-0.4, -0.2) is 33.8 Å². The SMILES string of the molecule is COc1ccccc1N(C(C)OC)C(C)OC. The van der Waals surface area contributed by atoms with Crippen molar-refractivity contribution in [2.45, 2.75) is 26.3 Å². The van der Waals surface area contributed by atoms with E-state index >= 15 is 0 Å². The Labute approximate surface area is 103 Å². The van der Waals surface area contributed by atoms with E-state index in [0.29, 0.717) is 0 Å². The predicted molar refractivity (Wildman–Crippen MR) is 68.4 cm³/mol. The van der Waals surface area contributed by atoms with Gasteiger partial charge in [-0.05, 0) is 26.0 Å². The number of nitrogens with zero attached hydrogens (tertiary/aromatic N) is 1. The van der Waals surface area contributed by atoms with Crippen molar-refractivity contribution in [1.29, 1.82) is 0 Å². The fourth-order valence-corrected chi connectivity index (χ4v) is 1.76. The molecule has 0 amide bonds. The molecular weight excluding hydrogens is 218 g/mol. The van der Waals surface area contributed by atoms with Crippen LogP contribution in [-0.2, 0) is 9.47 Å². The van der Waals surface area contributed by atoms with Crippen LogP contribution in [0.1, 0.15) is 13.8 Å². The van der Waals surface area contributed by atoms with Gasteiger partial charge in [0.1, 0.15) is 18.2 Å². The largest absolute Gasteiger partial charge is 0.495 e.